The number of hydrogen-bond acceptors (Lipinski definition) is 3. The predicted molar refractivity (Wildman–Crippen MR) is 119 cm³/mol. The lowest BCUT2D eigenvalue weighted by Crippen LogP contribution is -2.25. The van der Waals surface area contributed by atoms with Gasteiger partial charge in [-0.1, -0.05) is 30.3 Å². The molecule has 2 aromatic carbocycles. The largest absolute Gasteiger partial charge is 0.416 e. The van der Waals surface area contributed by atoms with E-state index >= 15 is 0 Å². The first-order valence-electron chi connectivity index (χ1n) is 9.88. The summed E-state index contributed by atoms with van der Waals surface area (Å²) in [6.45, 7) is 3.86. The number of carbonyl (C=O) groups excluding carboxylic acids is 1. The van der Waals surface area contributed by atoms with Crippen molar-refractivity contribution in [2.45, 2.75) is 26.6 Å². The fraction of sp³-hybridized carbons (Fsp3) is 0.167. The van der Waals surface area contributed by atoms with Gasteiger partial charge >= 0.3 is 6.18 Å². The molecule has 0 saturated heterocycles. The van der Waals surface area contributed by atoms with Crippen molar-refractivity contribution in [2.75, 3.05) is 0 Å². The first-order chi connectivity index (χ1) is 15.2. The smallest absolute Gasteiger partial charge is 0.347 e. The van der Waals surface area contributed by atoms with Crippen molar-refractivity contribution in [1.82, 2.24) is 15.1 Å². The van der Waals surface area contributed by atoms with Gasteiger partial charge in [0.15, 0.2) is 0 Å². The number of halogens is 3. The highest BCUT2D eigenvalue weighted by atomic mass is 32.1. The lowest BCUT2D eigenvalue weighted by Gasteiger charge is -2.12. The number of nitrogens with zero attached hydrogens (tertiary/aromatic N) is 2. The number of aryl methyl sites for hydroxylation is 2. The maximum absolute atomic E-state index is 13.1. The van der Waals surface area contributed by atoms with Crippen LogP contribution in [-0.4, -0.2) is 15.7 Å². The number of carbonyl (C=O) groups is 1. The summed E-state index contributed by atoms with van der Waals surface area (Å²) in [6, 6.07) is 16.4. The molecular formula is C24H20F3N3OS. The number of alkyl halides is 3. The van der Waals surface area contributed by atoms with Crippen LogP contribution < -0.4 is 5.32 Å². The molecule has 1 N–H and O–H groups in total. The summed E-state index contributed by atoms with van der Waals surface area (Å²) in [6.07, 6.45) is -4.43. The van der Waals surface area contributed by atoms with Gasteiger partial charge in [0.25, 0.3) is 5.91 Å². The molecule has 0 aliphatic rings. The molecule has 2 heterocycles. The Kier molecular flexibility index (Phi) is 5.88. The molecule has 2 aromatic heterocycles. The van der Waals surface area contributed by atoms with Gasteiger partial charge in [0.05, 0.1) is 16.1 Å². The highest BCUT2D eigenvalue weighted by Crippen LogP contribution is 2.30. The molecule has 1 amide bonds. The van der Waals surface area contributed by atoms with E-state index in [0.717, 1.165) is 33.8 Å². The summed E-state index contributed by atoms with van der Waals surface area (Å²) in [4.78, 5) is 14.0. The number of hydrogen-bond donors (Lipinski definition) is 1. The lowest BCUT2D eigenvalue weighted by atomic mass is 10.1. The van der Waals surface area contributed by atoms with E-state index in [0.29, 0.717) is 17.0 Å². The topological polar surface area (TPSA) is 46.9 Å². The zero-order valence-electron chi connectivity index (χ0n) is 17.4. The van der Waals surface area contributed by atoms with Gasteiger partial charge in [0, 0.05) is 6.54 Å². The molecule has 0 spiro atoms. The second-order valence-corrected chi connectivity index (χ2v) is 8.42. The van der Waals surface area contributed by atoms with Crippen LogP contribution in [0.25, 0.3) is 16.3 Å². The van der Waals surface area contributed by atoms with Crippen LogP contribution in [0.2, 0.25) is 0 Å². The van der Waals surface area contributed by atoms with E-state index in [9.17, 15) is 18.0 Å². The molecule has 0 atom stereocenters. The Bertz CT molecular complexity index is 1260. The van der Waals surface area contributed by atoms with E-state index in [2.05, 4.69) is 10.4 Å². The third-order valence-corrected chi connectivity index (χ3v) is 5.91. The molecule has 164 valence electrons. The molecule has 4 nitrogen and oxygen atoms in total. The van der Waals surface area contributed by atoms with Crippen LogP contribution in [0, 0.1) is 13.8 Å². The Morgan fingerprint density at radius 1 is 1.06 bits per heavy atom. The number of benzene rings is 2. The highest BCUT2D eigenvalue weighted by molar-refractivity contribution is 7.13. The summed E-state index contributed by atoms with van der Waals surface area (Å²) in [5, 5.41) is 9.33. The van der Waals surface area contributed by atoms with Crippen LogP contribution in [0.15, 0.2) is 66.0 Å². The van der Waals surface area contributed by atoms with Crippen molar-refractivity contribution in [3.05, 3.63) is 94.0 Å². The second kappa shape index (κ2) is 8.63. The van der Waals surface area contributed by atoms with Crippen molar-refractivity contribution < 1.29 is 18.0 Å². The minimum atomic E-state index is -4.43. The molecule has 0 unspecified atom stereocenters. The van der Waals surface area contributed by atoms with Gasteiger partial charge in [-0.15, -0.1) is 11.3 Å². The third-order valence-electron chi connectivity index (χ3n) is 5.02. The minimum absolute atomic E-state index is 0.0327. The van der Waals surface area contributed by atoms with Crippen LogP contribution in [0.4, 0.5) is 13.2 Å². The number of nitrogens with one attached hydrogen (secondary N) is 1. The van der Waals surface area contributed by atoms with Gasteiger partial charge in [-0.2, -0.15) is 18.3 Å². The number of thiophene rings is 1. The quantitative estimate of drug-likeness (QED) is 0.391. The maximum atomic E-state index is 13.1. The summed E-state index contributed by atoms with van der Waals surface area (Å²) in [7, 11) is 0. The number of amides is 1. The van der Waals surface area contributed by atoms with Gasteiger partial charge in [-0.05, 0) is 66.2 Å². The zero-order valence-corrected chi connectivity index (χ0v) is 18.2. The van der Waals surface area contributed by atoms with E-state index in [-0.39, 0.29) is 6.54 Å². The van der Waals surface area contributed by atoms with Gasteiger partial charge in [-0.3, -0.25) is 4.79 Å². The molecule has 0 fully saturated rings. The molecule has 32 heavy (non-hydrogen) atoms. The van der Waals surface area contributed by atoms with E-state index in [1.165, 1.54) is 17.4 Å². The summed E-state index contributed by atoms with van der Waals surface area (Å²) in [5.74, 6) is -0.418. The molecule has 0 bridgehead atoms. The van der Waals surface area contributed by atoms with Crippen LogP contribution in [0.5, 0.6) is 0 Å². The molecular weight excluding hydrogens is 435 g/mol. The molecule has 4 rings (SSSR count). The van der Waals surface area contributed by atoms with E-state index < -0.39 is 17.6 Å². The fourth-order valence-electron chi connectivity index (χ4n) is 3.35. The average Bonchev–Trinajstić information content (AvgIpc) is 3.43. The number of rotatable bonds is 5. The molecule has 0 aliphatic heterocycles. The van der Waals surface area contributed by atoms with Crippen molar-refractivity contribution in [3.8, 4) is 16.3 Å². The Morgan fingerprint density at radius 2 is 1.88 bits per heavy atom. The van der Waals surface area contributed by atoms with Crippen molar-refractivity contribution in [1.29, 1.82) is 0 Å². The van der Waals surface area contributed by atoms with Crippen molar-refractivity contribution >= 4 is 17.2 Å². The van der Waals surface area contributed by atoms with E-state index in [1.54, 1.807) is 16.8 Å². The second-order valence-electron chi connectivity index (χ2n) is 7.47. The lowest BCUT2D eigenvalue weighted by molar-refractivity contribution is -0.137. The molecule has 8 heteroatoms. The SMILES string of the molecule is Cc1ccc(C)c(-n2nc(-c3cccs3)cc2C(=O)NCc2cccc(C(F)(F)F)c2)c1. The summed E-state index contributed by atoms with van der Waals surface area (Å²) >= 11 is 1.51. The normalized spacial score (nSPS) is 11.5. The van der Waals surface area contributed by atoms with Crippen LogP contribution in [0.3, 0.4) is 0 Å². The molecule has 0 saturated carbocycles. The zero-order chi connectivity index (χ0) is 22.9. The summed E-state index contributed by atoms with van der Waals surface area (Å²) in [5.41, 5.74) is 3.34. The Hall–Kier alpha value is -3.39. The first kappa shape index (κ1) is 21.8. The minimum Gasteiger partial charge on any atom is -0.347 e. The third kappa shape index (κ3) is 4.60. The van der Waals surface area contributed by atoms with Crippen LogP contribution in [-0.2, 0) is 12.7 Å². The maximum Gasteiger partial charge on any atom is 0.416 e. The Labute approximate surface area is 187 Å². The molecule has 4 aromatic rings. The first-order valence-corrected chi connectivity index (χ1v) is 10.8. The van der Waals surface area contributed by atoms with Gasteiger partial charge in [-0.25, -0.2) is 4.68 Å². The fourth-order valence-corrected chi connectivity index (χ4v) is 4.03. The highest BCUT2D eigenvalue weighted by Gasteiger charge is 2.30. The van der Waals surface area contributed by atoms with Gasteiger partial charge in [0.2, 0.25) is 0 Å². The van der Waals surface area contributed by atoms with E-state index in [4.69, 9.17) is 0 Å². The predicted octanol–water partition coefficient (Wildman–Crippen LogP) is 6.17. The van der Waals surface area contributed by atoms with Crippen LogP contribution in [0.1, 0.15) is 32.7 Å². The molecule has 0 radical (unpaired) electrons. The van der Waals surface area contributed by atoms with E-state index in [1.807, 2.05) is 49.6 Å². The Balaban J connectivity index is 1.66. The molecule has 0 aliphatic carbocycles. The van der Waals surface area contributed by atoms with Gasteiger partial charge < -0.3 is 5.32 Å². The average molecular weight is 456 g/mol. The standard InChI is InChI=1S/C24H20F3N3OS/c1-15-8-9-16(2)20(11-15)30-21(13-19(29-30)22-7-4-10-32-22)23(31)28-14-17-5-3-6-18(12-17)24(25,26)27/h3-13H,14H2,1-2H3,(H,28,31). The monoisotopic (exact) mass is 455 g/mol. The Morgan fingerprint density at radius 3 is 2.59 bits per heavy atom. The van der Waals surface area contributed by atoms with Crippen molar-refractivity contribution in [2.24, 2.45) is 0 Å². The number of aromatic nitrogens is 2. The summed E-state index contributed by atoms with van der Waals surface area (Å²) < 4.78 is 40.5. The van der Waals surface area contributed by atoms with Crippen molar-refractivity contribution in [3.63, 3.8) is 0 Å². The van der Waals surface area contributed by atoms with Gasteiger partial charge in [0.1, 0.15) is 11.4 Å². The van der Waals surface area contributed by atoms with Crippen LogP contribution >= 0.6 is 11.3 Å².